The van der Waals surface area contributed by atoms with Crippen LogP contribution in [0.15, 0.2) is 46.5 Å². The largest absolute Gasteiger partial charge is 0.493 e. The van der Waals surface area contributed by atoms with Gasteiger partial charge >= 0.3 is 5.97 Å². The number of carbonyl (C=O) groups excluding carboxylic acids is 1. The lowest BCUT2D eigenvalue weighted by molar-refractivity contribution is -0.139. The monoisotopic (exact) mass is 387 g/mol. The van der Waals surface area contributed by atoms with Gasteiger partial charge in [-0.1, -0.05) is 6.07 Å². The van der Waals surface area contributed by atoms with Gasteiger partial charge in [-0.25, -0.2) is 9.78 Å². The van der Waals surface area contributed by atoms with E-state index in [9.17, 15) is 4.79 Å². The van der Waals surface area contributed by atoms with Crippen molar-refractivity contribution in [1.82, 2.24) is 4.98 Å². The zero-order valence-corrected chi connectivity index (χ0v) is 15.9. The van der Waals surface area contributed by atoms with Crippen LogP contribution in [0, 0.1) is 0 Å². The summed E-state index contributed by atoms with van der Waals surface area (Å²) in [5.41, 5.74) is 2.64. The van der Waals surface area contributed by atoms with Gasteiger partial charge < -0.3 is 14.2 Å². The maximum absolute atomic E-state index is 11.9. The van der Waals surface area contributed by atoms with E-state index < -0.39 is 5.97 Å². The summed E-state index contributed by atoms with van der Waals surface area (Å²) < 4.78 is 15.7. The number of thiophene rings is 1. The summed E-state index contributed by atoms with van der Waals surface area (Å²) in [5.74, 6) is 0.813. The third kappa shape index (κ3) is 4.50. The van der Waals surface area contributed by atoms with Gasteiger partial charge in [0.15, 0.2) is 11.5 Å². The van der Waals surface area contributed by atoms with E-state index in [1.165, 1.54) is 17.4 Å². The molecule has 0 aliphatic carbocycles. The molecule has 5 nitrogen and oxygen atoms in total. The summed E-state index contributed by atoms with van der Waals surface area (Å²) in [6, 6.07) is 7.42. The molecule has 0 N–H and O–H groups in total. The Labute approximate surface area is 159 Å². The van der Waals surface area contributed by atoms with E-state index in [2.05, 4.69) is 4.98 Å². The Morgan fingerprint density at radius 2 is 2.00 bits per heavy atom. The third-order valence-electron chi connectivity index (χ3n) is 3.50. The molecule has 7 heteroatoms. The minimum absolute atomic E-state index is 0.149. The topological polar surface area (TPSA) is 57.7 Å². The Morgan fingerprint density at radius 3 is 2.73 bits per heavy atom. The lowest BCUT2D eigenvalue weighted by Gasteiger charge is -2.07. The molecule has 0 radical (unpaired) electrons. The van der Waals surface area contributed by atoms with Gasteiger partial charge in [0.2, 0.25) is 0 Å². The number of thiazole rings is 1. The van der Waals surface area contributed by atoms with Crippen LogP contribution in [-0.2, 0) is 16.1 Å². The van der Waals surface area contributed by atoms with Gasteiger partial charge in [-0.05, 0) is 35.2 Å². The van der Waals surface area contributed by atoms with Crippen molar-refractivity contribution in [2.24, 2.45) is 0 Å². The van der Waals surface area contributed by atoms with E-state index >= 15 is 0 Å². The molecule has 1 aromatic carbocycles. The second-order valence-corrected chi connectivity index (χ2v) is 6.85. The highest BCUT2D eigenvalue weighted by Gasteiger charge is 2.07. The molecule has 2 aromatic heterocycles. The lowest BCUT2D eigenvalue weighted by Crippen LogP contribution is -2.01. The lowest BCUT2D eigenvalue weighted by atomic mass is 10.2. The van der Waals surface area contributed by atoms with E-state index in [0.717, 1.165) is 21.8 Å². The fraction of sp³-hybridized carbons (Fsp3) is 0.158. The average Bonchev–Trinajstić information content (AvgIpc) is 3.35. The molecule has 0 bridgehead atoms. The van der Waals surface area contributed by atoms with Crippen molar-refractivity contribution >= 4 is 34.7 Å². The number of benzene rings is 1. The molecule has 3 rings (SSSR count). The Balaban J connectivity index is 1.56. The van der Waals surface area contributed by atoms with Gasteiger partial charge in [0.25, 0.3) is 0 Å². The fourth-order valence-corrected chi connectivity index (χ4v) is 3.72. The van der Waals surface area contributed by atoms with E-state index in [-0.39, 0.29) is 6.61 Å². The SMILES string of the molecule is COc1ccc(/C=C/C(=O)OCc2csc(-c3ccsc3)n2)cc1OC. The summed E-state index contributed by atoms with van der Waals surface area (Å²) in [6.07, 6.45) is 3.05. The molecule has 0 saturated carbocycles. The van der Waals surface area contributed by atoms with Gasteiger partial charge in [0.05, 0.1) is 19.9 Å². The highest BCUT2D eigenvalue weighted by Crippen LogP contribution is 2.28. The second kappa shape index (κ2) is 8.64. The van der Waals surface area contributed by atoms with Crippen LogP contribution in [0.25, 0.3) is 16.6 Å². The molecule has 0 amide bonds. The predicted octanol–water partition coefficient (Wildman–Crippen LogP) is 4.65. The van der Waals surface area contributed by atoms with Crippen LogP contribution in [0.2, 0.25) is 0 Å². The molecule has 134 valence electrons. The van der Waals surface area contributed by atoms with Crippen LogP contribution >= 0.6 is 22.7 Å². The number of nitrogens with zero attached hydrogens (tertiary/aromatic N) is 1. The maximum Gasteiger partial charge on any atom is 0.331 e. The second-order valence-electron chi connectivity index (χ2n) is 5.21. The van der Waals surface area contributed by atoms with Crippen LogP contribution in [-0.4, -0.2) is 25.2 Å². The maximum atomic E-state index is 11.9. The molecule has 0 aliphatic rings. The van der Waals surface area contributed by atoms with Crippen molar-refractivity contribution in [3.8, 4) is 22.1 Å². The number of rotatable bonds is 7. The first-order valence-corrected chi connectivity index (χ1v) is 9.55. The first kappa shape index (κ1) is 18.2. The third-order valence-corrected chi connectivity index (χ3v) is 5.13. The first-order valence-electron chi connectivity index (χ1n) is 7.73. The molecule has 0 spiro atoms. The number of methoxy groups -OCH3 is 2. The van der Waals surface area contributed by atoms with E-state index in [1.54, 1.807) is 43.8 Å². The number of ether oxygens (including phenoxy) is 3. The highest BCUT2D eigenvalue weighted by atomic mass is 32.1. The van der Waals surface area contributed by atoms with Crippen LogP contribution in [0.1, 0.15) is 11.3 Å². The van der Waals surface area contributed by atoms with E-state index in [1.807, 2.05) is 28.3 Å². The van der Waals surface area contributed by atoms with Crippen molar-refractivity contribution in [2.45, 2.75) is 6.61 Å². The van der Waals surface area contributed by atoms with Gasteiger partial charge in [0, 0.05) is 22.4 Å². The van der Waals surface area contributed by atoms with Crippen LogP contribution in [0.3, 0.4) is 0 Å². The predicted molar refractivity (Wildman–Crippen MR) is 104 cm³/mol. The summed E-state index contributed by atoms with van der Waals surface area (Å²) in [7, 11) is 3.14. The van der Waals surface area contributed by atoms with Crippen molar-refractivity contribution in [2.75, 3.05) is 14.2 Å². The molecular formula is C19H17NO4S2. The fourth-order valence-electron chi connectivity index (χ4n) is 2.21. The smallest absolute Gasteiger partial charge is 0.331 e. The number of hydrogen-bond donors (Lipinski definition) is 0. The Kier molecular flexibility index (Phi) is 6.04. The number of carbonyl (C=O) groups is 1. The average molecular weight is 387 g/mol. The minimum atomic E-state index is -0.426. The number of esters is 1. The zero-order chi connectivity index (χ0) is 18.4. The van der Waals surface area contributed by atoms with E-state index in [0.29, 0.717) is 11.5 Å². The normalized spacial score (nSPS) is 10.8. The molecule has 0 atom stereocenters. The standard InChI is InChI=1S/C19H17NO4S2/c1-22-16-5-3-13(9-17(16)23-2)4-6-18(21)24-10-15-12-26-19(20-15)14-7-8-25-11-14/h3-9,11-12H,10H2,1-2H3/b6-4+. The van der Waals surface area contributed by atoms with Gasteiger partial charge in [0.1, 0.15) is 11.6 Å². The van der Waals surface area contributed by atoms with Gasteiger partial charge in [-0.15, -0.1) is 11.3 Å². The van der Waals surface area contributed by atoms with Crippen molar-refractivity contribution in [3.05, 3.63) is 57.7 Å². The Hall–Kier alpha value is -2.64. The molecule has 0 saturated heterocycles. The summed E-state index contributed by atoms with van der Waals surface area (Å²) in [6.45, 7) is 0.149. The molecule has 26 heavy (non-hydrogen) atoms. The summed E-state index contributed by atoms with van der Waals surface area (Å²) in [5, 5.41) is 6.88. The summed E-state index contributed by atoms with van der Waals surface area (Å²) >= 11 is 3.16. The summed E-state index contributed by atoms with van der Waals surface area (Å²) in [4.78, 5) is 16.4. The van der Waals surface area contributed by atoms with Crippen molar-refractivity contribution in [1.29, 1.82) is 0 Å². The van der Waals surface area contributed by atoms with Crippen molar-refractivity contribution < 1.29 is 19.0 Å². The minimum Gasteiger partial charge on any atom is -0.493 e. The van der Waals surface area contributed by atoms with Crippen LogP contribution in [0.4, 0.5) is 0 Å². The zero-order valence-electron chi connectivity index (χ0n) is 14.3. The van der Waals surface area contributed by atoms with Gasteiger partial charge in [-0.3, -0.25) is 0 Å². The highest BCUT2D eigenvalue weighted by molar-refractivity contribution is 7.14. The van der Waals surface area contributed by atoms with Crippen LogP contribution < -0.4 is 9.47 Å². The first-order chi connectivity index (χ1) is 12.7. The van der Waals surface area contributed by atoms with Crippen molar-refractivity contribution in [3.63, 3.8) is 0 Å². The van der Waals surface area contributed by atoms with Crippen LogP contribution in [0.5, 0.6) is 11.5 Å². The number of hydrogen-bond acceptors (Lipinski definition) is 7. The molecule has 0 unspecified atom stereocenters. The molecular weight excluding hydrogens is 370 g/mol. The quantitative estimate of drug-likeness (QED) is 0.436. The molecule has 0 aliphatic heterocycles. The molecule has 0 fully saturated rings. The molecule has 2 heterocycles. The Bertz CT molecular complexity index is 900. The van der Waals surface area contributed by atoms with E-state index in [4.69, 9.17) is 14.2 Å². The molecule has 3 aromatic rings. The number of aromatic nitrogens is 1. The Morgan fingerprint density at radius 1 is 1.15 bits per heavy atom. The van der Waals surface area contributed by atoms with Gasteiger partial charge in [-0.2, -0.15) is 11.3 Å².